The van der Waals surface area contributed by atoms with E-state index in [1.54, 1.807) is 24.3 Å². The zero-order chi connectivity index (χ0) is 14.3. The fraction of sp³-hybridized carbons (Fsp3) is 0.133. The van der Waals surface area contributed by atoms with E-state index in [-0.39, 0.29) is 18.4 Å². The van der Waals surface area contributed by atoms with Crippen LogP contribution in [0.1, 0.15) is 20.7 Å². The summed E-state index contributed by atoms with van der Waals surface area (Å²) in [5.41, 5.74) is 7.50. The Morgan fingerprint density at radius 3 is 2.50 bits per heavy atom. The van der Waals surface area contributed by atoms with Crippen molar-refractivity contribution >= 4 is 35.0 Å². The number of carbonyl (C=O) groups is 2. The summed E-state index contributed by atoms with van der Waals surface area (Å²) in [7, 11) is 0. The number of imide groups is 1. The molecule has 0 unspecified atom stereocenters. The summed E-state index contributed by atoms with van der Waals surface area (Å²) >= 11 is 0. The SMILES string of the molecule is C=NCCN1C(=O)c2cccc3c(N)ccc(c23)C1=O. The third kappa shape index (κ3) is 1.60. The van der Waals surface area contributed by atoms with E-state index in [1.165, 1.54) is 4.90 Å². The Labute approximate surface area is 115 Å². The predicted octanol–water partition coefficient (Wildman–Crippen LogP) is 1.72. The highest BCUT2D eigenvalue weighted by Gasteiger charge is 2.32. The normalized spacial score (nSPS) is 13.9. The molecule has 0 atom stereocenters. The molecule has 1 heterocycles. The Balaban J connectivity index is 2.25. The van der Waals surface area contributed by atoms with Crippen LogP contribution in [0.5, 0.6) is 0 Å². The van der Waals surface area contributed by atoms with E-state index in [9.17, 15) is 9.59 Å². The van der Waals surface area contributed by atoms with Crippen LogP contribution in [0, 0.1) is 0 Å². The van der Waals surface area contributed by atoms with E-state index < -0.39 is 0 Å². The summed E-state index contributed by atoms with van der Waals surface area (Å²) in [5, 5.41) is 1.38. The molecule has 0 saturated heterocycles. The predicted molar refractivity (Wildman–Crippen MR) is 78.1 cm³/mol. The van der Waals surface area contributed by atoms with Gasteiger partial charge in [0.25, 0.3) is 11.8 Å². The van der Waals surface area contributed by atoms with Crippen molar-refractivity contribution in [2.45, 2.75) is 0 Å². The van der Waals surface area contributed by atoms with Crippen molar-refractivity contribution in [2.75, 3.05) is 18.8 Å². The molecule has 2 amide bonds. The summed E-state index contributed by atoms with van der Waals surface area (Å²) < 4.78 is 0. The van der Waals surface area contributed by atoms with Crippen LogP contribution in [-0.2, 0) is 0 Å². The molecule has 2 aromatic rings. The van der Waals surface area contributed by atoms with Gasteiger partial charge in [-0.2, -0.15) is 0 Å². The molecule has 20 heavy (non-hydrogen) atoms. The largest absolute Gasteiger partial charge is 0.398 e. The Kier molecular flexibility index (Phi) is 2.75. The highest BCUT2D eigenvalue weighted by Crippen LogP contribution is 2.32. The zero-order valence-corrected chi connectivity index (χ0v) is 10.8. The molecular formula is C15H13N3O2. The molecule has 1 aliphatic heterocycles. The minimum absolute atomic E-state index is 0.237. The van der Waals surface area contributed by atoms with Crippen molar-refractivity contribution in [3.63, 3.8) is 0 Å². The fourth-order valence-electron chi connectivity index (χ4n) is 2.54. The summed E-state index contributed by atoms with van der Waals surface area (Å²) in [4.78, 5) is 29.8. The maximum absolute atomic E-state index is 12.4. The van der Waals surface area contributed by atoms with E-state index in [0.29, 0.717) is 28.7 Å². The average Bonchev–Trinajstić information content (AvgIpc) is 2.46. The Bertz CT molecular complexity index is 730. The van der Waals surface area contributed by atoms with Gasteiger partial charge in [0.2, 0.25) is 0 Å². The van der Waals surface area contributed by atoms with Crippen LogP contribution in [0.4, 0.5) is 5.69 Å². The van der Waals surface area contributed by atoms with Gasteiger partial charge in [0.15, 0.2) is 0 Å². The third-order valence-corrected chi connectivity index (χ3v) is 3.51. The van der Waals surface area contributed by atoms with Crippen LogP contribution in [0.2, 0.25) is 0 Å². The number of hydrogen-bond donors (Lipinski definition) is 1. The second kappa shape index (κ2) is 4.45. The Morgan fingerprint density at radius 2 is 1.80 bits per heavy atom. The molecule has 0 spiro atoms. The Hall–Kier alpha value is -2.69. The van der Waals surface area contributed by atoms with Gasteiger partial charge < -0.3 is 5.73 Å². The van der Waals surface area contributed by atoms with Gasteiger partial charge in [0, 0.05) is 34.1 Å². The molecule has 0 saturated carbocycles. The number of nitrogens with zero attached hydrogens (tertiary/aromatic N) is 2. The van der Waals surface area contributed by atoms with E-state index in [2.05, 4.69) is 11.7 Å². The Morgan fingerprint density at radius 1 is 1.10 bits per heavy atom. The van der Waals surface area contributed by atoms with E-state index in [0.717, 1.165) is 5.39 Å². The summed E-state index contributed by atoms with van der Waals surface area (Å²) in [6.07, 6.45) is 0. The first kappa shape index (κ1) is 12.3. The third-order valence-electron chi connectivity index (χ3n) is 3.51. The lowest BCUT2D eigenvalue weighted by Crippen LogP contribution is -2.41. The topological polar surface area (TPSA) is 75.8 Å². The van der Waals surface area contributed by atoms with Crippen LogP contribution < -0.4 is 5.73 Å². The van der Waals surface area contributed by atoms with E-state index >= 15 is 0 Å². The fourth-order valence-corrected chi connectivity index (χ4v) is 2.54. The number of amides is 2. The maximum Gasteiger partial charge on any atom is 0.261 e. The summed E-state index contributed by atoms with van der Waals surface area (Å²) in [5.74, 6) is -0.607. The second-order valence-electron chi connectivity index (χ2n) is 4.64. The zero-order valence-electron chi connectivity index (χ0n) is 10.8. The standard InChI is InChI=1S/C15H13N3O2/c1-17-7-8-18-14(19)10-4-2-3-9-12(16)6-5-11(13(9)10)15(18)20/h2-6H,1,7-8,16H2. The van der Waals surface area contributed by atoms with Crippen molar-refractivity contribution in [2.24, 2.45) is 4.99 Å². The van der Waals surface area contributed by atoms with E-state index in [4.69, 9.17) is 5.73 Å². The smallest absolute Gasteiger partial charge is 0.261 e. The molecule has 0 radical (unpaired) electrons. The monoisotopic (exact) mass is 267 g/mol. The first-order valence-corrected chi connectivity index (χ1v) is 6.25. The van der Waals surface area contributed by atoms with Gasteiger partial charge in [-0.3, -0.25) is 19.5 Å². The molecule has 1 aliphatic rings. The molecule has 100 valence electrons. The minimum Gasteiger partial charge on any atom is -0.398 e. The lowest BCUT2D eigenvalue weighted by Gasteiger charge is -2.27. The summed E-state index contributed by atoms with van der Waals surface area (Å²) in [6, 6.07) is 8.67. The number of rotatable bonds is 3. The molecule has 3 rings (SSSR count). The molecule has 2 N–H and O–H groups in total. The lowest BCUT2D eigenvalue weighted by molar-refractivity contribution is 0.0616. The molecule has 0 aliphatic carbocycles. The maximum atomic E-state index is 12.4. The van der Waals surface area contributed by atoms with Crippen LogP contribution in [0.25, 0.3) is 10.8 Å². The van der Waals surface area contributed by atoms with Gasteiger partial charge >= 0.3 is 0 Å². The van der Waals surface area contributed by atoms with Crippen LogP contribution in [0.3, 0.4) is 0 Å². The number of aliphatic imine (C=N–C) groups is 1. The molecule has 5 heteroatoms. The molecule has 2 aromatic carbocycles. The van der Waals surface area contributed by atoms with Crippen molar-refractivity contribution in [3.8, 4) is 0 Å². The van der Waals surface area contributed by atoms with Crippen LogP contribution >= 0.6 is 0 Å². The van der Waals surface area contributed by atoms with Crippen molar-refractivity contribution in [1.82, 2.24) is 4.90 Å². The summed E-state index contributed by atoms with van der Waals surface area (Å²) in [6.45, 7) is 3.94. The quantitative estimate of drug-likeness (QED) is 0.522. The number of nitrogen functional groups attached to an aromatic ring is 1. The van der Waals surface area contributed by atoms with Crippen molar-refractivity contribution < 1.29 is 9.59 Å². The van der Waals surface area contributed by atoms with Gasteiger partial charge in [-0.05, 0) is 24.9 Å². The van der Waals surface area contributed by atoms with Crippen LogP contribution in [-0.4, -0.2) is 36.5 Å². The first-order valence-electron chi connectivity index (χ1n) is 6.25. The van der Waals surface area contributed by atoms with Crippen molar-refractivity contribution in [1.29, 1.82) is 0 Å². The molecular weight excluding hydrogens is 254 g/mol. The number of anilines is 1. The van der Waals surface area contributed by atoms with E-state index in [1.807, 2.05) is 6.07 Å². The minimum atomic E-state index is -0.303. The molecule has 0 fully saturated rings. The number of nitrogens with two attached hydrogens (primary N) is 1. The molecule has 0 bridgehead atoms. The first-order chi connectivity index (χ1) is 9.65. The second-order valence-corrected chi connectivity index (χ2v) is 4.64. The van der Waals surface area contributed by atoms with Gasteiger partial charge in [-0.1, -0.05) is 12.1 Å². The lowest BCUT2D eigenvalue weighted by atomic mass is 9.93. The van der Waals surface area contributed by atoms with Crippen LogP contribution in [0.15, 0.2) is 35.3 Å². The highest BCUT2D eigenvalue weighted by molar-refractivity contribution is 6.26. The van der Waals surface area contributed by atoms with Crippen molar-refractivity contribution in [3.05, 3.63) is 41.5 Å². The van der Waals surface area contributed by atoms with Gasteiger partial charge in [-0.25, -0.2) is 0 Å². The molecule has 0 aromatic heterocycles. The molecule has 5 nitrogen and oxygen atoms in total. The number of benzene rings is 2. The van der Waals surface area contributed by atoms with Gasteiger partial charge in [0.05, 0.1) is 6.54 Å². The van der Waals surface area contributed by atoms with Gasteiger partial charge in [0.1, 0.15) is 0 Å². The highest BCUT2D eigenvalue weighted by atomic mass is 16.2. The number of hydrogen-bond acceptors (Lipinski definition) is 4. The number of carbonyl (C=O) groups excluding carboxylic acids is 2. The average molecular weight is 267 g/mol. The van der Waals surface area contributed by atoms with Gasteiger partial charge in [-0.15, -0.1) is 0 Å².